The topological polar surface area (TPSA) is 58.4 Å². The fraction of sp³-hybridized carbons (Fsp3) is 0.350. The number of nitrogens with one attached hydrogen (secondary N) is 1. The van der Waals surface area contributed by atoms with Crippen LogP contribution in [0.3, 0.4) is 0 Å². The molecule has 140 valence electrons. The third kappa shape index (κ3) is 4.61. The molecule has 1 unspecified atom stereocenters. The number of hydrogen-bond donors (Lipinski definition) is 2. The van der Waals surface area contributed by atoms with Crippen LogP contribution in [-0.4, -0.2) is 36.0 Å². The van der Waals surface area contributed by atoms with Crippen molar-refractivity contribution in [1.82, 2.24) is 10.2 Å². The second-order valence-corrected chi connectivity index (χ2v) is 6.62. The van der Waals surface area contributed by atoms with Crippen LogP contribution in [0.2, 0.25) is 0 Å². The summed E-state index contributed by atoms with van der Waals surface area (Å²) in [7, 11) is 0. The van der Waals surface area contributed by atoms with Gasteiger partial charge in [-0.3, -0.25) is 9.69 Å². The summed E-state index contributed by atoms with van der Waals surface area (Å²) in [4.78, 5) is 14.5. The van der Waals surface area contributed by atoms with E-state index >= 15 is 0 Å². The molecule has 1 amide bonds. The van der Waals surface area contributed by atoms with Gasteiger partial charge in [-0.05, 0) is 18.6 Å². The van der Waals surface area contributed by atoms with Crippen molar-refractivity contribution >= 4 is 18.3 Å². The summed E-state index contributed by atoms with van der Waals surface area (Å²) in [6.07, 6.45) is 0. The maximum Gasteiger partial charge on any atom is 0.237 e. The molecule has 1 saturated heterocycles. The van der Waals surface area contributed by atoms with E-state index in [-0.39, 0.29) is 48.7 Å². The molecule has 0 aromatic heterocycles. The number of benzene rings is 2. The predicted molar refractivity (Wildman–Crippen MR) is 104 cm³/mol. The van der Waals surface area contributed by atoms with Crippen molar-refractivity contribution in [3.05, 3.63) is 71.5 Å². The predicted octanol–water partition coefficient (Wildman–Crippen LogP) is 2.68. The second-order valence-electron chi connectivity index (χ2n) is 6.62. The smallest absolute Gasteiger partial charge is 0.237 e. The molecule has 3 N–H and O–H groups in total. The van der Waals surface area contributed by atoms with Gasteiger partial charge in [0.2, 0.25) is 5.91 Å². The lowest BCUT2D eigenvalue weighted by molar-refractivity contribution is -0.125. The van der Waals surface area contributed by atoms with Crippen LogP contribution in [0, 0.1) is 5.82 Å². The van der Waals surface area contributed by atoms with Gasteiger partial charge in [0.15, 0.2) is 0 Å². The third-order valence-electron chi connectivity index (χ3n) is 4.96. The first-order chi connectivity index (χ1) is 12.1. The van der Waals surface area contributed by atoms with E-state index in [0.717, 1.165) is 6.54 Å². The van der Waals surface area contributed by atoms with Gasteiger partial charge < -0.3 is 11.1 Å². The SMILES string of the molecule is CC(C(=O)NCc1ccccc1F)N1C[C@@H](N)[C@H](c2ccccc2)C1.Cl. The zero-order chi connectivity index (χ0) is 17.8. The minimum Gasteiger partial charge on any atom is -0.351 e. The molecule has 0 aliphatic carbocycles. The van der Waals surface area contributed by atoms with Crippen molar-refractivity contribution in [2.75, 3.05) is 13.1 Å². The third-order valence-corrected chi connectivity index (χ3v) is 4.96. The first kappa shape index (κ1) is 20.4. The first-order valence-corrected chi connectivity index (χ1v) is 8.62. The molecule has 1 aliphatic rings. The molecule has 2 aromatic rings. The molecule has 0 saturated carbocycles. The zero-order valence-corrected chi connectivity index (χ0v) is 15.6. The Morgan fingerprint density at radius 3 is 2.54 bits per heavy atom. The number of amides is 1. The summed E-state index contributed by atoms with van der Waals surface area (Å²) in [5.41, 5.74) is 8.00. The van der Waals surface area contributed by atoms with Crippen LogP contribution in [-0.2, 0) is 11.3 Å². The molecule has 4 nitrogen and oxygen atoms in total. The number of rotatable bonds is 5. The largest absolute Gasteiger partial charge is 0.351 e. The number of carbonyl (C=O) groups excluding carboxylic acids is 1. The van der Waals surface area contributed by atoms with E-state index in [1.165, 1.54) is 11.6 Å². The van der Waals surface area contributed by atoms with Gasteiger partial charge in [0, 0.05) is 37.2 Å². The van der Waals surface area contributed by atoms with Gasteiger partial charge in [0.25, 0.3) is 0 Å². The van der Waals surface area contributed by atoms with Crippen molar-refractivity contribution in [2.45, 2.75) is 31.5 Å². The van der Waals surface area contributed by atoms with Crippen LogP contribution in [0.15, 0.2) is 54.6 Å². The Hall–Kier alpha value is -1.95. The van der Waals surface area contributed by atoms with Gasteiger partial charge in [-0.15, -0.1) is 12.4 Å². The highest BCUT2D eigenvalue weighted by atomic mass is 35.5. The van der Waals surface area contributed by atoms with Crippen LogP contribution in [0.5, 0.6) is 0 Å². The number of nitrogens with two attached hydrogens (primary N) is 1. The van der Waals surface area contributed by atoms with Crippen LogP contribution in [0.1, 0.15) is 24.0 Å². The Bertz CT molecular complexity index is 728. The molecule has 3 atom stereocenters. The molecule has 0 bridgehead atoms. The summed E-state index contributed by atoms with van der Waals surface area (Å²) in [6, 6.07) is 16.3. The Morgan fingerprint density at radius 2 is 1.85 bits per heavy atom. The van der Waals surface area contributed by atoms with Gasteiger partial charge in [-0.1, -0.05) is 48.5 Å². The van der Waals surface area contributed by atoms with Gasteiger partial charge in [-0.25, -0.2) is 4.39 Å². The number of carbonyl (C=O) groups is 1. The molecular formula is C20H25ClFN3O. The summed E-state index contributed by atoms with van der Waals surface area (Å²) in [5, 5.41) is 2.82. The number of hydrogen-bond acceptors (Lipinski definition) is 3. The van der Waals surface area contributed by atoms with E-state index in [1.807, 2.05) is 25.1 Å². The summed E-state index contributed by atoms with van der Waals surface area (Å²) in [5.74, 6) is -0.185. The maximum atomic E-state index is 13.7. The lowest BCUT2D eigenvalue weighted by atomic mass is 9.95. The quantitative estimate of drug-likeness (QED) is 0.842. The van der Waals surface area contributed by atoms with E-state index in [4.69, 9.17) is 5.73 Å². The molecule has 3 rings (SSSR count). The molecule has 0 spiro atoms. The van der Waals surface area contributed by atoms with Gasteiger partial charge in [-0.2, -0.15) is 0 Å². The zero-order valence-electron chi connectivity index (χ0n) is 14.8. The molecule has 1 fully saturated rings. The molecule has 0 radical (unpaired) electrons. The average molecular weight is 378 g/mol. The Kier molecular flexibility index (Phi) is 7.14. The van der Waals surface area contributed by atoms with Crippen LogP contribution >= 0.6 is 12.4 Å². The van der Waals surface area contributed by atoms with Crippen LogP contribution in [0.4, 0.5) is 4.39 Å². The minimum atomic E-state index is -0.303. The van der Waals surface area contributed by atoms with Crippen molar-refractivity contribution in [3.63, 3.8) is 0 Å². The van der Waals surface area contributed by atoms with Gasteiger partial charge in [0.1, 0.15) is 5.82 Å². The highest BCUT2D eigenvalue weighted by molar-refractivity contribution is 5.85. The summed E-state index contributed by atoms with van der Waals surface area (Å²) >= 11 is 0. The summed E-state index contributed by atoms with van der Waals surface area (Å²) < 4.78 is 13.7. The standard InChI is InChI=1S/C20H24FN3O.ClH/c1-14(20(25)23-11-16-9-5-6-10-18(16)21)24-12-17(19(22)13-24)15-7-3-2-4-8-15;/h2-10,14,17,19H,11-13,22H2,1H3,(H,23,25);1H/t14?,17-,19+;/m0./s1. The number of likely N-dealkylation sites (tertiary alicyclic amines) is 1. The first-order valence-electron chi connectivity index (χ1n) is 8.62. The fourth-order valence-corrected chi connectivity index (χ4v) is 3.37. The van der Waals surface area contributed by atoms with Crippen LogP contribution in [0.25, 0.3) is 0 Å². The fourth-order valence-electron chi connectivity index (χ4n) is 3.37. The molecule has 1 aliphatic heterocycles. The Balaban J connectivity index is 0.00000243. The highest BCUT2D eigenvalue weighted by Gasteiger charge is 2.35. The van der Waals surface area contributed by atoms with Crippen molar-refractivity contribution in [2.24, 2.45) is 5.73 Å². The number of nitrogens with zero attached hydrogens (tertiary/aromatic N) is 1. The molecule has 1 heterocycles. The van der Waals surface area contributed by atoms with Crippen molar-refractivity contribution in [1.29, 1.82) is 0 Å². The lowest BCUT2D eigenvalue weighted by Gasteiger charge is -2.23. The van der Waals surface area contributed by atoms with E-state index < -0.39 is 0 Å². The molecule has 26 heavy (non-hydrogen) atoms. The van der Waals surface area contributed by atoms with Crippen LogP contribution < -0.4 is 11.1 Å². The lowest BCUT2D eigenvalue weighted by Crippen LogP contribution is -2.44. The highest BCUT2D eigenvalue weighted by Crippen LogP contribution is 2.27. The van der Waals surface area contributed by atoms with Gasteiger partial charge in [0.05, 0.1) is 6.04 Å². The van der Waals surface area contributed by atoms with E-state index in [2.05, 4.69) is 22.3 Å². The van der Waals surface area contributed by atoms with E-state index in [1.54, 1.807) is 18.2 Å². The Labute approximate surface area is 160 Å². The normalized spacial score (nSPS) is 21.0. The summed E-state index contributed by atoms with van der Waals surface area (Å²) in [6.45, 7) is 3.49. The van der Waals surface area contributed by atoms with Gasteiger partial charge >= 0.3 is 0 Å². The van der Waals surface area contributed by atoms with E-state index in [9.17, 15) is 9.18 Å². The maximum absolute atomic E-state index is 13.7. The molecule has 2 aromatic carbocycles. The Morgan fingerprint density at radius 1 is 1.19 bits per heavy atom. The second kappa shape index (κ2) is 9.12. The average Bonchev–Trinajstić information content (AvgIpc) is 3.02. The molecule has 6 heteroatoms. The minimum absolute atomic E-state index is 0. The van der Waals surface area contributed by atoms with Crippen molar-refractivity contribution < 1.29 is 9.18 Å². The van der Waals surface area contributed by atoms with Crippen molar-refractivity contribution in [3.8, 4) is 0 Å². The monoisotopic (exact) mass is 377 g/mol. The number of halogens is 2. The molecular weight excluding hydrogens is 353 g/mol. The van der Waals surface area contributed by atoms with E-state index in [0.29, 0.717) is 12.1 Å².